The molecule has 0 saturated carbocycles. The first-order valence-electron chi connectivity index (χ1n) is 5.67. The minimum atomic E-state index is -0.697. The molecule has 0 aliphatic heterocycles. The normalized spacial score (nSPS) is 10.1. The SMILES string of the molecule is CCOC(=O)c1csc(Nc2ncnc(N)c2[N+](=O)[O-])n1. The fraction of sp³-hybridized carbons (Fsp3) is 0.200. The molecule has 0 fully saturated rings. The molecule has 0 aromatic carbocycles. The summed E-state index contributed by atoms with van der Waals surface area (Å²) in [5.74, 6) is -0.935. The standard InChI is InChI=1S/C10H10N6O4S/c1-2-20-9(17)5-3-21-10(14-5)15-8-6(16(18)19)7(11)12-4-13-8/h3-4H,2H2,1H3,(H3,11,12,13,14,15). The number of aromatic nitrogens is 3. The number of ether oxygens (including phenoxy) is 1. The van der Waals surface area contributed by atoms with Gasteiger partial charge in [0.05, 0.1) is 11.5 Å². The van der Waals surface area contributed by atoms with Crippen LogP contribution in [0, 0.1) is 10.1 Å². The van der Waals surface area contributed by atoms with Crippen LogP contribution in [-0.4, -0.2) is 32.5 Å². The third kappa shape index (κ3) is 3.20. The number of nitrogens with zero attached hydrogens (tertiary/aromatic N) is 4. The maximum Gasteiger partial charge on any atom is 0.357 e. The predicted molar refractivity (Wildman–Crippen MR) is 74.5 cm³/mol. The molecule has 11 heteroatoms. The number of hydrogen-bond donors (Lipinski definition) is 2. The average Bonchev–Trinajstić information content (AvgIpc) is 2.87. The number of hydrogen-bond acceptors (Lipinski definition) is 10. The summed E-state index contributed by atoms with van der Waals surface area (Å²) in [5.41, 5.74) is 5.10. The molecule has 2 rings (SSSR count). The highest BCUT2D eigenvalue weighted by molar-refractivity contribution is 7.14. The molecular formula is C10H10N6O4S. The van der Waals surface area contributed by atoms with Crippen molar-refractivity contribution in [3.63, 3.8) is 0 Å². The van der Waals surface area contributed by atoms with Gasteiger partial charge in [0.25, 0.3) is 0 Å². The molecule has 2 aromatic rings. The van der Waals surface area contributed by atoms with Crippen molar-refractivity contribution in [2.75, 3.05) is 17.7 Å². The first-order chi connectivity index (χ1) is 10.0. The first kappa shape index (κ1) is 14.6. The number of nitrogen functional groups attached to an aromatic ring is 1. The van der Waals surface area contributed by atoms with Crippen molar-refractivity contribution in [1.29, 1.82) is 0 Å². The summed E-state index contributed by atoms with van der Waals surface area (Å²) < 4.78 is 4.80. The molecule has 0 bridgehead atoms. The van der Waals surface area contributed by atoms with E-state index in [0.29, 0.717) is 0 Å². The Morgan fingerprint density at radius 3 is 3.00 bits per heavy atom. The van der Waals surface area contributed by atoms with Gasteiger partial charge in [-0.25, -0.2) is 19.7 Å². The van der Waals surface area contributed by atoms with Crippen LogP contribution in [-0.2, 0) is 4.74 Å². The number of thiazole rings is 1. The lowest BCUT2D eigenvalue weighted by Gasteiger charge is -2.03. The number of nitro groups is 1. The van der Waals surface area contributed by atoms with E-state index >= 15 is 0 Å². The van der Waals surface area contributed by atoms with Crippen molar-refractivity contribution >= 4 is 39.8 Å². The van der Waals surface area contributed by atoms with Crippen LogP contribution in [0.15, 0.2) is 11.7 Å². The lowest BCUT2D eigenvalue weighted by atomic mass is 10.4. The topological polar surface area (TPSA) is 146 Å². The Balaban J connectivity index is 2.25. The summed E-state index contributed by atoms with van der Waals surface area (Å²) in [5, 5.41) is 15.3. The van der Waals surface area contributed by atoms with E-state index in [1.807, 2.05) is 0 Å². The van der Waals surface area contributed by atoms with Crippen molar-refractivity contribution in [2.45, 2.75) is 6.92 Å². The molecule has 0 atom stereocenters. The molecule has 0 aliphatic rings. The van der Waals surface area contributed by atoms with Crippen molar-refractivity contribution in [2.24, 2.45) is 0 Å². The monoisotopic (exact) mass is 310 g/mol. The van der Waals surface area contributed by atoms with E-state index in [1.54, 1.807) is 6.92 Å². The van der Waals surface area contributed by atoms with Crippen LogP contribution in [0.5, 0.6) is 0 Å². The van der Waals surface area contributed by atoms with E-state index < -0.39 is 16.6 Å². The van der Waals surface area contributed by atoms with Gasteiger partial charge in [0, 0.05) is 5.38 Å². The van der Waals surface area contributed by atoms with E-state index in [9.17, 15) is 14.9 Å². The number of anilines is 3. The molecule has 10 nitrogen and oxygen atoms in total. The molecule has 0 radical (unpaired) electrons. The summed E-state index contributed by atoms with van der Waals surface area (Å²) in [6, 6.07) is 0. The van der Waals surface area contributed by atoms with Crippen molar-refractivity contribution in [3.8, 4) is 0 Å². The van der Waals surface area contributed by atoms with E-state index in [-0.39, 0.29) is 29.1 Å². The zero-order chi connectivity index (χ0) is 15.4. The second kappa shape index (κ2) is 6.09. The molecule has 0 spiro atoms. The van der Waals surface area contributed by atoms with Crippen LogP contribution in [0.2, 0.25) is 0 Å². The summed E-state index contributed by atoms with van der Waals surface area (Å²) in [4.78, 5) is 33.0. The van der Waals surface area contributed by atoms with Gasteiger partial charge < -0.3 is 15.8 Å². The first-order valence-corrected chi connectivity index (χ1v) is 6.55. The van der Waals surface area contributed by atoms with Crippen LogP contribution < -0.4 is 11.1 Å². The van der Waals surface area contributed by atoms with Crippen LogP contribution in [0.4, 0.5) is 22.5 Å². The summed E-state index contributed by atoms with van der Waals surface area (Å²) in [6.45, 7) is 1.91. The van der Waals surface area contributed by atoms with Gasteiger partial charge in [-0.15, -0.1) is 11.3 Å². The lowest BCUT2D eigenvalue weighted by Crippen LogP contribution is -2.06. The summed E-state index contributed by atoms with van der Waals surface area (Å²) in [6.07, 6.45) is 1.09. The smallest absolute Gasteiger partial charge is 0.357 e. The van der Waals surface area contributed by atoms with Crippen LogP contribution in [0.1, 0.15) is 17.4 Å². The Morgan fingerprint density at radius 1 is 1.57 bits per heavy atom. The van der Waals surface area contributed by atoms with Crippen LogP contribution in [0.3, 0.4) is 0 Å². The molecule has 0 aliphatic carbocycles. The molecule has 0 saturated heterocycles. The van der Waals surface area contributed by atoms with Crippen LogP contribution >= 0.6 is 11.3 Å². The Bertz CT molecular complexity index is 688. The quantitative estimate of drug-likeness (QED) is 0.474. The van der Waals surface area contributed by atoms with E-state index in [2.05, 4.69) is 20.3 Å². The molecule has 0 unspecified atom stereocenters. The largest absolute Gasteiger partial charge is 0.461 e. The zero-order valence-corrected chi connectivity index (χ0v) is 11.6. The van der Waals surface area contributed by atoms with Crippen LogP contribution in [0.25, 0.3) is 0 Å². The third-order valence-corrected chi connectivity index (χ3v) is 3.00. The highest BCUT2D eigenvalue weighted by Gasteiger charge is 2.22. The van der Waals surface area contributed by atoms with Crippen molar-refractivity contribution in [3.05, 3.63) is 27.5 Å². The second-order valence-corrected chi connectivity index (χ2v) is 4.45. The molecule has 0 amide bonds. The number of carbonyl (C=O) groups excluding carboxylic acids is 1. The minimum Gasteiger partial charge on any atom is -0.461 e. The van der Waals surface area contributed by atoms with E-state index in [0.717, 1.165) is 17.7 Å². The van der Waals surface area contributed by atoms with E-state index in [4.69, 9.17) is 10.5 Å². The number of esters is 1. The number of rotatable bonds is 5. The fourth-order valence-corrected chi connectivity index (χ4v) is 2.07. The Hall–Kier alpha value is -2.82. The number of nitrogens with one attached hydrogen (secondary N) is 1. The number of carbonyl (C=O) groups is 1. The summed E-state index contributed by atoms with van der Waals surface area (Å²) >= 11 is 1.08. The minimum absolute atomic E-state index is 0.0998. The van der Waals surface area contributed by atoms with Gasteiger partial charge in [0.1, 0.15) is 6.33 Å². The van der Waals surface area contributed by atoms with Gasteiger partial charge >= 0.3 is 11.7 Å². The molecule has 2 aromatic heterocycles. The third-order valence-electron chi connectivity index (χ3n) is 2.25. The lowest BCUT2D eigenvalue weighted by molar-refractivity contribution is -0.383. The van der Waals surface area contributed by atoms with Gasteiger partial charge in [-0.2, -0.15) is 0 Å². The zero-order valence-electron chi connectivity index (χ0n) is 10.8. The molecule has 110 valence electrons. The average molecular weight is 310 g/mol. The summed E-state index contributed by atoms with van der Waals surface area (Å²) in [7, 11) is 0. The highest BCUT2D eigenvalue weighted by atomic mass is 32.1. The van der Waals surface area contributed by atoms with Gasteiger partial charge in [-0.3, -0.25) is 10.1 Å². The van der Waals surface area contributed by atoms with Gasteiger partial charge in [0.2, 0.25) is 11.6 Å². The Labute approximate surface area is 122 Å². The molecule has 3 N–H and O–H groups in total. The highest BCUT2D eigenvalue weighted by Crippen LogP contribution is 2.30. The second-order valence-electron chi connectivity index (χ2n) is 3.60. The van der Waals surface area contributed by atoms with E-state index in [1.165, 1.54) is 5.38 Å². The maximum absolute atomic E-state index is 11.5. The van der Waals surface area contributed by atoms with Crippen molar-refractivity contribution in [1.82, 2.24) is 15.0 Å². The van der Waals surface area contributed by atoms with Crippen molar-refractivity contribution < 1.29 is 14.5 Å². The number of nitrogens with two attached hydrogens (primary N) is 1. The molecule has 2 heterocycles. The fourth-order valence-electron chi connectivity index (χ4n) is 1.40. The van der Waals surface area contributed by atoms with Gasteiger partial charge in [-0.1, -0.05) is 0 Å². The maximum atomic E-state index is 11.5. The van der Waals surface area contributed by atoms with Gasteiger partial charge in [-0.05, 0) is 6.92 Å². The predicted octanol–water partition coefficient (Wildman–Crippen LogP) is 1.34. The Morgan fingerprint density at radius 2 is 2.33 bits per heavy atom. The molecular weight excluding hydrogens is 300 g/mol. The molecule has 21 heavy (non-hydrogen) atoms. The Kier molecular flexibility index (Phi) is 4.23. The van der Waals surface area contributed by atoms with Gasteiger partial charge in [0.15, 0.2) is 10.8 Å².